The van der Waals surface area contributed by atoms with Crippen LogP contribution in [0.15, 0.2) is 23.1 Å². The number of benzene rings is 1. The van der Waals surface area contributed by atoms with Crippen LogP contribution in [0.2, 0.25) is 0 Å². The average Bonchev–Trinajstić information content (AvgIpc) is 2.38. The van der Waals surface area contributed by atoms with Crippen molar-refractivity contribution in [2.75, 3.05) is 12.8 Å². The second kappa shape index (κ2) is 6.22. The summed E-state index contributed by atoms with van der Waals surface area (Å²) >= 11 is 1.90. The molecule has 1 aliphatic rings. The summed E-state index contributed by atoms with van der Waals surface area (Å²) in [7, 11) is 1.67. The van der Waals surface area contributed by atoms with E-state index in [-0.39, 0.29) is 11.9 Å². The van der Waals surface area contributed by atoms with Crippen LogP contribution in [0, 0.1) is 0 Å². The number of hydrogen-bond donors (Lipinski definition) is 3. The third-order valence-electron chi connectivity index (χ3n) is 3.03. The van der Waals surface area contributed by atoms with Crippen molar-refractivity contribution in [1.29, 1.82) is 0 Å². The molecule has 5 heteroatoms. The van der Waals surface area contributed by atoms with Gasteiger partial charge in [0.1, 0.15) is 0 Å². The van der Waals surface area contributed by atoms with Crippen LogP contribution in [-0.2, 0) is 11.2 Å². The first-order valence-electron chi connectivity index (χ1n) is 6.17. The maximum Gasteiger partial charge on any atom is 0.235 e. The lowest BCUT2D eigenvalue weighted by Crippen LogP contribution is -2.36. The number of carbonyl (C=O) groups is 1. The van der Waals surface area contributed by atoms with E-state index in [1.54, 1.807) is 7.05 Å². The lowest BCUT2D eigenvalue weighted by atomic mass is 9.99. The molecule has 0 spiro atoms. The maximum atomic E-state index is 11.5. The predicted octanol–water partition coefficient (Wildman–Crippen LogP) is 1.37. The Morgan fingerprint density at radius 3 is 3.17 bits per heavy atom. The van der Waals surface area contributed by atoms with Crippen molar-refractivity contribution in [1.82, 2.24) is 10.9 Å². The Balaban J connectivity index is 2.06. The van der Waals surface area contributed by atoms with Crippen molar-refractivity contribution in [3.63, 3.8) is 0 Å². The Hall–Kier alpha value is -1.04. The highest BCUT2D eigenvalue weighted by molar-refractivity contribution is 7.99. The Morgan fingerprint density at radius 1 is 1.56 bits per heavy atom. The molecule has 1 aromatic rings. The van der Waals surface area contributed by atoms with Crippen LogP contribution in [0.25, 0.3) is 0 Å². The molecule has 1 aliphatic heterocycles. The van der Waals surface area contributed by atoms with E-state index < -0.39 is 0 Å². The van der Waals surface area contributed by atoms with Crippen molar-refractivity contribution in [3.8, 4) is 0 Å². The van der Waals surface area contributed by atoms with Crippen LogP contribution in [-0.4, -0.2) is 18.7 Å². The SMILES string of the molecule is CNNC(=O)CC(N)c1ccc2c(c1)CCCS2. The molecule has 1 heterocycles. The topological polar surface area (TPSA) is 67.1 Å². The lowest BCUT2D eigenvalue weighted by Gasteiger charge is -2.18. The van der Waals surface area contributed by atoms with Crippen molar-refractivity contribution in [3.05, 3.63) is 29.3 Å². The predicted molar refractivity (Wildman–Crippen MR) is 74.2 cm³/mol. The Morgan fingerprint density at radius 2 is 2.39 bits per heavy atom. The van der Waals surface area contributed by atoms with E-state index >= 15 is 0 Å². The molecule has 1 unspecified atom stereocenters. The fourth-order valence-corrected chi connectivity index (χ4v) is 3.14. The van der Waals surface area contributed by atoms with Gasteiger partial charge in [0.25, 0.3) is 0 Å². The molecule has 1 amide bonds. The number of aryl methyl sites for hydroxylation is 1. The monoisotopic (exact) mass is 265 g/mol. The Labute approximate surface area is 112 Å². The van der Waals surface area contributed by atoms with Crippen molar-refractivity contribution in [2.45, 2.75) is 30.2 Å². The first-order valence-corrected chi connectivity index (χ1v) is 7.16. The molecule has 4 N–H and O–H groups in total. The van der Waals surface area contributed by atoms with Gasteiger partial charge in [0.15, 0.2) is 0 Å². The zero-order valence-corrected chi connectivity index (χ0v) is 11.3. The minimum atomic E-state index is -0.240. The lowest BCUT2D eigenvalue weighted by molar-refractivity contribution is -0.122. The van der Waals surface area contributed by atoms with Crippen molar-refractivity contribution < 1.29 is 4.79 Å². The summed E-state index contributed by atoms with van der Waals surface area (Å²) in [5.74, 6) is 1.11. The molecule has 0 aromatic heterocycles. The number of thioether (sulfide) groups is 1. The summed E-state index contributed by atoms with van der Waals surface area (Å²) in [6, 6.07) is 6.08. The van der Waals surface area contributed by atoms with Crippen LogP contribution in [0.5, 0.6) is 0 Å². The second-order valence-electron chi connectivity index (χ2n) is 4.43. The fourth-order valence-electron chi connectivity index (χ4n) is 2.12. The molecule has 1 atom stereocenters. The van der Waals surface area contributed by atoms with Gasteiger partial charge in [-0.15, -0.1) is 11.8 Å². The van der Waals surface area contributed by atoms with Gasteiger partial charge < -0.3 is 5.73 Å². The molecule has 0 radical (unpaired) electrons. The number of nitrogens with two attached hydrogens (primary N) is 1. The zero-order valence-electron chi connectivity index (χ0n) is 10.5. The van der Waals surface area contributed by atoms with Crippen LogP contribution in [0.4, 0.5) is 0 Å². The van der Waals surface area contributed by atoms with Gasteiger partial charge in [0.05, 0.1) is 0 Å². The minimum Gasteiger partial charge on any atom is -0.324 e. The van der Waals surface area contributed by atoms with E-state index in [1.165, 1.54) is 22.6 Å². The summed E-state index contributed by atoms with van der Waals surface area (Å²) in [6.07, 6.45) is 2.63. The maximum absolute atomic E-state index is 11.5. The van der Waals surface area contributed by atoms with Crippen LogP contribution in [0.1, 0.15) is 30.0 Å². The van der Waals surface area contributed by atoms with E-state index in [9.17, 15) is 4.79 Å². The van der Waals surface area contributed by atoms with Gasteiger partial charge in [0, 0.05) is 24.4 Å². The fraction of sp³-hybridized carbons (Fsp3) is 0.462. The van der Waals surface area contributed by atoms with Gasteiger partial charge >= 0.3 is 0 Å². The van der Waals surface area contributed by atoms with E-state index in [1.807, 2.05) is 17.8 Å². The Bertz CT molecular complexity index is 436. The third kappa shape index (κ3) is 3.25. The normalized spacial score (nSPS) is 15.9. The minimum absolute atomic E-state index is 0.0860. The van der Waals surface area contributed by atoms with Crippen LogP contribution >= 0.6 is 11.8 Å². The van der Waals surface area contributed by atoms with Gasteiger partial charge in [-0.25, -0.2) is 5.43 Å². The summed E-state index contributed by atoms with van der Waals surface area (Å²) in [5.41, 5.74) is 13.6. The largest absolute Gasteiger partial charge is 0.324 e. The smallest absolute Gasteiger partial charge is 0.235 e. The highest BCUT2D eigenvalue weighted by Crippen LogP contribution is 2.31. The second-order valence-corrected chi connectivity index (χ2v) is 5.56. The molecule has 0 saturated heterocycles. The average molecular weight is 265 g/mol. The number of rotatable bonds is 4. The molecule has 0 bridgehead atoms. The summed E-state index contributed by atoms with van der Waals surface area (Å²) in [4.78, 5) is 12.8. The van der Waals surface area contributed by atoms with Crippen LogP contribution < -0.4 is 16.6 Å². The number of carbonyl (C=O) groups excluding carboxylic acids is 1. The molecule has 4 nitrogen and oxygen atoms in total. The quantitative estimate of drug-likeness (QED) is 0.719. The molecular formula is C13H19N3OS. The number of hydrazine groups is 1. The number of hydrogen-bond acceptors (Lipinski definition) is 4. The summed E-state index contributed by atoms with van der Waals surface area (Å²) in [6.45, 7) is 0. The summed E-state index contributed by atoms with van der Waals surface area (Å²) < 4.78 is 0. The van der Waals surface area contributed by atoms with Gasteiger partial charge in [-0.2, -0.15) is 0 Å². The van der Waals surface area contributed by atoms with E-state index in [4.69, 9.17) is 5.73 Å². The first-order chi connectivity index (χ1) is 8.70. The molecule has 18 heavy (non-hydrogen) atoms. The van der Waals surface area contributed by atoms with Crippen LogP contribution in [0.3, 0.4) is 0 Å². The highest BCUT2D eigenvalue weighted by Gasteiger charge is 2.15. The summed E-state index contributed by atoms with van der Waals surface area (Å²) in [5, 5.41) is 0. The van der Waals surface area contributed by atoms with Gasteiger partial charge in [-0.05, 0) is 35.8 Å². The van der Waals surface area contributed by atoms with Gasteiger partial charge in [0.2, 0.25) is 5.91 Å². The Kier molecular flexibility index (Phi) is 4.63. The third-order valence-corrected chi connectivity index (χ3v) is 4.23. The highest BCUT2D eigenvalue weighted by atomic mass is 32.2. The van der Waals surface area contributed by atoms with Crippen molar-refractivity contribution in [2.24, 2.45) is 5.73 Å². The van der Waals surface area contributed by atoms with Gasteiger partial charge in [-0.3, -0.25) is 10.2 Å². The molecule has 98 valence electrons. The molecule has 0 aliphatic carbocycles. The zero-order chi connectivity index (χ0) is 13.0. The molecule has 1 aromatic carbocycles. The molecule has 2 rings (SSSR count). The molecule has 0 saturated carbocycles. The number of fused-ring (bicyclic) bond motifs is 1. The van der Waals surface area contributed by atoms with E-state index in [0.717, 1.165) is 12.0 Å². The molecular weight excluding hydrogens is 246 g/mol. The number of nitrogens with one attached hydrogen (secondary N) is 2. The molecule has 0 fully saturated rings. The number of amides is 1. The van der Waals surface area contributed by atoms with Gasteiger partial charge in [-0.1, -0.05) is 12.1 Å². The van der Waals surface area contributed by atoms with Crippen molar-refractivity contribution >= 4 is 17.7 Å². The van der Waals surface area contributed by atoms with E-state index in [2.05, 4.69) is 23.0 Å². The van der Waals surface area contributed by atoms with E-state index in [0.29, 0.717) is 6.42 Å². The standard InChI is InChI=1S/C13H19N3OS/c1-15-16-13(17)8-11(14)9-4-5-12-10(7-9)3-2-6-18-12/h4-5,7,11,15H,2-3,6,8,14H2,1H3,(H,16,17). The first kappa shape index (κ1) is 13.4.